The van der Waals surface area contributed by atoms with Gasteiger partial charge in [0.2, 0.25) is 5.95 Å². The van der Waals surface area contributed by atoms with Gasteiger partial charge in [-0.25, -0.2) is 9.97 Å². The van der Waals surface area contributed by atoms with Crippen LogP contribution in [0.3, 0.4) is 0 Å². The van der Waals surface area contributed by atoms with Crippen LogP contribution >= 0.6 is 0 Å². The van der Waals surface area contributed by atoms with Crippen molar-refractivity contribution in [1.29, 1.82) is 0 Å². The number of aromatic nitrogens is 2. The second kappa shape index (κ2) is 8.17. The zero-order valence-corrected chi connectivity index (χ0v) is 16.2. The summed E-state index contributed by atoms with van der Waals surface area (Å²) < 4.78 is 5.85. The number of hydrogen-bond acceptors (Lipinski definition) is 5. The first-order chi connectivity index (χ1) is 12.3. The number of rotatable bonds is 7. The average molecular weight is 356 g/mol. The molecule has 3 N–H and O–H groups in total. The Morgan fingerprint density at radius 3 is 2.42 bits per heavy atom. The highest BCUT2D eigenvalue weighted by Gasteiger charge is 2.19. The zero-order chi connectivity index (χ0) is 19.3. The van der Waals surface area contributed by atoms with E-state index in [9.17, 15) is 4.79 Å². The summed E-state index contributed by atoms with van der Waals surface area (Å²) in [7, 11) is 0. The summed E-state index contributed by atoms with van der Waals surface area (Å²) in [5, 5.41) is 2.78. The van der Waals surface area contributed by atoms with Crippen molar-refractivity contribution in [1.82, 2.24) is 15.3 Å². The molecule has 0 saturated heterocycles. The Hall–Kier alpha value is -2.63. The second-order valence-electron chi connectivity index (χ2n) is 6.90. The maximum Gasteiger partial charge on any atom is 0.255 e. The van der Waals surface area contributed by atoms with E-state index in [1.54, 1.807) is 6.92 Å². The number of nitrogens with zero attached hydrogens (tertiary/aromatic N) is 2. The second-order valence-corrected chi connectivity index (χ2v) is 6.90. The van der Waals surface area contributed by atoms with Gasteiger partial charge in [-0.3, -0.25) is 4.79 Å². The number of nitrogens with two attached hydrogens (primary N) is 1. The summed E-state index contributed by atoms with van der Waals surface area (Å²) >= 11 is 0. The molecule has 26 heavy (non-hydrogen) atoms. The van der Waals surface area contributed by atoms with Crippen LogP contribution in [0.25, 0.3) is 0 Å². The van der Waals surface area contributed by atoms with Crippen LogP contribution in [-0.2, 0) is 12.0 Å². The van der Waals surface area contributed by atoms with E-state index in [2.05, 4.69) is 48.2 Å². The highest BCUT2D eigenvalue weighted by Crippen LogP contribution is 2.28. The molecule has 0 aliphatic heterocycles. The van der Waals surface area contributed by atoms with Crippen molar-refractivity contribution in [2.45, 2.75) is 53.1 Å². The Morgan fingerprint density at radius 1 is 1.19 bits per heavy atom. The Morgan fingerprint density at radius 2 is 1.85 bits per heavy atom. The topological polar surface area (TPSA) is 90.1 Å². The van der Waals surface area contributed by atoms with Crippen molar-refractivity contribution >= 4 is 11.9 Å². The van der Waals surface area contributed by atoms with Crippen LogP contribution in [0.5, 0.6) is 5.75 Å². The third-order valence-corrected chi connectivity index (χ3v) is 4.64. The van der Waals surface area contributed by atoms with Gasteiger partial charge >= 0.3 is 0 Å². The standard InChI is InChI=1S/C20H28N4O2/c1-6-20(4,5)14-8-10-15(11-9-14)26-12-16-17(18(25)22-7-2)13(3)23-19(21)24-16/h8-11H,6-7,12H2,1-5H3,(H,22,25)(H2,21,23,24). The van der Waals surface area contributed by atoms with Gasteiger partial charge in [-0.2, -0.15) is 0 Å². The molecule has 0 saturated carbocycles. The van der Waals surface area contributed by atoms with Crippen molar-refractivity contribution in [2.75, 3.05) is 12.3 Å². The lowest BCUT2D eigenvalue weighted by atomic mass is 9.82. The lowest BCUT2D eigenvalue weighted by molar-refractivity contribution is 0.0951. The molecule has 140 valence electrons. The monoisotopic (exact) mass is 356 g/mol. The zero-order valence-electron chi connectivity index (χ0n) is 16.2. The molecule has 6 nitrogen and oxygen atoms in total. The van der Waals surface area contributed by atoms with Crippen LogP contribution in [0.1, 0.15) is 61.4 Å². The lowest BCUT2D eigenvalue weighted by Gasteiger charge is -2.23. The Labute approximate surface area is 155 Å². The smallest absolute Gasteiger partial charge is 0.255 e. The van der Waals surface area contributed by atoms with Gasteiger partial charge in [0.1, 0.15) is 12.4 Å². The first-order valence-electron chi connectivity index (χ1n) is 8.93. The first-order valence-corrected chi connectivity index (χ1v) is 8.93. The number of carbonyl (C=O) groups excluding carboxylic acids is 1. The fourth-order valence-electron chi connectivity index (χ4n) is 2.66. The van der Waals surface area contributed by atoms with E-state index in [1.165, 1.54) is 5.56 Å². The normalized spacial score (nSPS) is 11.3. The Kier molecular flexibility index (Phi) is 6.18. The average Bonchev–Trinajstić information content (AvgIpc) is 2.60. The number of carbonyl (C=O) groups is 1. The van der Waals surface area contributed by atoms with Crippen LogP contribution in [-0.4, -0.2) is 22.4 Å². The van der Waals surface area contributed by atoms with E-state index < -0.39 is 0 Å². The van der Waals surface area contributed by atoms with Gasteiger partial charge < -0.3 is 15.8 Å². The first kappa shape index (κ1) is 19.7. The molecule has 0 atom stereocenters. The highest BCUT2D eigenvalue weighted by molar-refractivity contribution is 5.96. The SMILES string of the molecule is CCNC(=O)c1c(C)nc(N)nc1COc1ccc(C(C)(C)CC)cc1. The summed E-state index contributed by atoms with van der Waals surface area (Å²) in [5.74, 6) is 0.634. The van der Waals surface area contributed by atoms with Crippen LogP contribution < -0.4 is 15.8 Å². The number of hydrogen-bond donors (Lipinski definition) is 2. The molecular weight excluding hydrogens is 328 g/mol. The number of nitrogens with one attached hydrogen (secondary N) is 1. The molecule has 0 bridgehead atoms. The number of ether oxygens (including phenoxy) is 1. The van der Waals surface area contributed by atoms with Crippen molar-refractivity contribution in [2.24, 2.45) is 0 Å². The van der Waals surface area contributed by atoms with Crippen molar-refractivity contribution in [3.8, 4) is 5.75 Å². The summed E-state index contributed by atoms with van der Waals surface area (Å²) in [6, 6.07) is 8.03. The Bertz CT molecular complexity index is 770. The van der Waals surface area contributed by atoms with Crippen LogP contribution in [0.4, 0.5) is 5.95 Å². The number of amides is 1. The number of aryl methyl sites for hydroxylation is 1. The van der Waals surface area contributed by atoms with Crippen molar-refractivity contribution < 1.29 is 9.53 Å². The number of nitrogen functional groups attached to an aromatic ring is 1. The van der Waals surface area contributed by atoms with Gasteiger partial charge in [-0.1, -0.05) is 32.9 Å². The van der Waals surface area contributed by atoms with Gasteiger partial charge in [-0.15, -0.1) is 0 Å². The molecule has 0 aliphatic carbocycles. The summed E-state index contributed by atoms with van der Waals surface area (Å²) in [4.78, 5) is 20.6. The van der Waals surface area contributed by atoms with Gasteiger partial charge in [0.25, 0.3) is 5.91 Å². The van der Waals surface area contributed by atoms with Gasteiger partial charge in [0.05, 0.1) is 17.0 Å². The summed E-state index contributed by atoms with van der Waals surface area (Å²) in [6.45, 7) is 10.9. The molecule has 0 unspecified atom stereocenters. The summed E-state index contributed by atoms with van der Waals surface area (Å²) in [6.07, 6.45) is 1.06. The molecule has 2 rings (SSSR count). The third-order valence-electron chi connectivity index (χ3n) is 4.64. The Balaban J connectivity index is 2.20. The predicted molar refractivity (Wildman–Crippen MR) is 103 cm³/mol. The van der Waals surface area contributed by atoms with Gasteiger partial charge in [-0.05, 0) is 43.4 Å². The molecule has 1 amide bonds. The van der Waals surface area contributed by atoms with E-state index in [-0.39, 0.29) is 23.9 Å². The van der Waals surface area contributed by atoms with E-state index in [1.807, 2.05) is 19.1 Å². The number of anilines is 1. The molecule has 0 spiro atoms. The van der Waals surface area contributed by atoms with E-state index in [0.717, 1.165) is 12.2 Å². The molecule has 2 aromatic rings. The number of benzene rings is 1. The molecule has 1 aromatic carbocycles. The van der Waals surface area contributed by atoms with Gasteiger partial charge in [0, 0.05) is 6.54 Å². The predicted octanol–water partition coefficient (Wildman–Crippen LogP) is 3.38. The molecule has 0 aliphatic rings. The minimum atomic E-state index is -0.219. The molecule has 0 radical (unpaired) electrons. The van der Waals surface area contributed by atoms with Crippen LogP contribution in [0.15, 0.2) is 24.3 Å². The quantitative estimate of drug-likeness (QED) is 0.794. The highest BCUT2D eigenvalue weighted by atomic mass is 16.5. The van der Waals surface area contributed by atoms with Crippen molar-refractivity contribution in [3.63, 3.8) is 0 Å². The molecule has 0 fully saturated rings. The molecule has 1 heterocycles. The van der Waals surface area contributed by atoms with Crippen LogP contribution in [0.2, 0.25) is 0 Å². The van der Waals surface area contributed by atoms with Gasteiger partial charge in [0.15, 0.2) is 0 Å². The lowest BCUT2D eigenvalue weighted by Crippen LogP contribution is -2.26. The van der Waals surface area contributed by atoms with Crippen LogP contribution in [0, 0.1) is 6.92 Å². The maximum absolute atomic E-state index is 12.3. The molecule has 6 heteroatoms. The fourth-order valence-corrected chi connectivity index (χ4v) is 2.66. The fraction of sp³-hybridized carbons (Fsp3) is 0.450. The largest absolute Gasteiger partial charge is 0.487 e. The minimum Gasteiger partial charge on any atom is -0.487 e. The summed E-state index contributed by atoms with van der Waals surface area (Å²) in [5.41, 5.74) is 8.58. The minimum absolute atomic E-state index is 0.127. The third kappa shape index (κ3) is 4.50. The molecule has 1 aromatic heterocycles. The maximum atomic E-state index is 12.3. The van der Waals surface area contributed by atoms with Crippen molar-refractivity contribution in [3.05, 3.63) is 46.8 Å². The van der Waals surface area contributed by atoms with E-state index >= 15 is 0 Å². The van der Waals surface area contributed by atoms with E-state index in [0.29, 0.717) is 23.5 Å². The van der Waals surface area contributed by atoms with E-state index in [4.69, 9.17) is 10.5 Å². The molecular formula is C20H28N4O2.